The van der Waals surface area contributed by atoms with Gasteiger partial charge in [-0.15, -0.1) is 0 Å². The highest BCUT2D eigenvalue weighted by atomic mass is 35.5. The summed E-state index contributed by atoms with van der Waals surface area (Å²) in [6, 6.07) is 14.5. The minimum Gasteiger partial charge on any atom is -0.493 e. The first-order valence-corrected chi connectivity index (χ1v) is 17.1. The summed E-state index contributed by atoms with van der Waals surface area (Å²) >= 11 is 13.6. The SMILES string of the molecule is CCOC(=O)C1=C(C)N=c2s/c(=C/c3cccc(OC)c3OCc3ccc(Cl)cc3Cl)c(=O)n2[C@H]1c1ccc(OCC(=O)OC)c(OCC)c1. The van der Waals surface area contributed by atoms with Crippen LogP contribution in [0.3, 0.4) is 0 Å². The normalized spacial score (nSPS) is 14.1. The van der Waals surface area contributed by atoms with Crippen LogP contribution in [0.15, 0.2) is 75.7 Å². The second-order valence-corrected chi connectivity index (χ2v) is 12.6. The molecular formula is C36H34Cl2N2O9S. The fourth-order valence-corrected chi connectivity index (χ4v) is 6.78. The van der Waals surface area contributed by atoms with Crippen LogP contribution in [0.4, 0.5) is 0 Å². The molecule has 14 heteroatoms. The molecule has 0 amide bonds. The summed E-state index contributed by atoms with van der Waals surface area (Å²) in [7, 11) is 2.79. The molecular weight excluding hydrogens is 707 g/mol. The topological polar surface area (TPSA) is 124 Å². The third-order valence-corrected chi connectivity index (χ3v) is 9.15. The molecule has 1 atom stereocenters. The van der Waals surface area contributed by atoms with Crippen molar-refractivity contribution in [3.8, 4) is 23.0 Å². The van der Waals surface area contributed by atoms with Crippen LogP contribution < -0.4 is 33.8 Å². The van der Waals surface area contributed by atoms with E-state index >= 15 is 0 Å². The Morgan fingerprint density at radius 3 is 2.46 bits per heavy atom. The molecule has 0 saturated carbocycles. The Hall–Kier alpha value is -4.78. The molecule has 4 aromatic rings. The molecule has 5 rings (SSSR count). The van der Waals surface area contributed by atoms with Gasteiger partial charge in [-0.1, -0.05) is 58.8 Å². The van der Waals surface area contributed by atoms with Crippen molar-refractivity contribution in [2.24, 2.45) is 4.99 Å². The average molecular weight is 742 g/mol. The maximum atomic E-state index is 14.3. The number of para-hydroxylation sites is 1. The Bertz CT molecular complexity index is 2140. The fourth-order valence-electron chi connectivity index (χ4n) is 5.28. The van der Waals surface area contributed by atoms with Gasteiger partial charge in [-0.05, 0) is 62.7 Å². The van der Waals surface area contributed by atoms with Crippen LogP contribution in [0.5, 0.6) is 23.0 Å². The van der Waals surface area contributed by atoms with Crippen LogP contribution in [0.25, 0.3) is 6.08 Å². The summed E-state index contributed by atoms with van der Waals surface area (Å²) in [6.07, 6.45) is 1.70. The summed E-state index contributed by atoms with van der Waals surface area (Å²) in [6.45, 7) is 5.39. The maximum absolute atomic E-state index is 14.3. The van der Waals surface area contributed by atoms with Gasteiger partial charge in [0.05, 0.1) is 49.3 Å². The van der Waals surface area contributed by atoms with Gasteiger partial charge in [0.15, 0.2) is 34.4 Å². The third kappa shape index (κ3) is 7.83. The molecule has 50 heavy (non-hydrogen) atoms. The molecule has 11 nitrogen and oxygen atoms in total. The van der Waals surface area contributed by atoms with Crippen molar-refractivity contribution in [1.29, 1.82) is 0 Å². The number of ether oxygens (including phenoxy) is 6. The van der Waals surface area contributed by atoms with E-state index in [-0.39, 0.29) is 37.8 Å². The maximum Gasteiger partial charge on any atom is 0.343 e. The van der Waals surface area contributed by atoms with Crippen molar-refractivity contribution >= 4 is 52.6 Å². The molecule has 1 aliphatic rings. The molecule has 262 valence electrons. The van der Waals surface area contributed by atoms with Crippen molar-refractivity contribution in [2.45, 2.75) is 33.4 Å². The first-order chi connectivity index (χ1) is 24.1. The predicted octanol–water partition coefficient (Wildman–Crippen LogP) is 5.64. The zero-order chi connectivity index (χ0) is 35.9. The highest BCUT2D eigenvalue weighted by molar-refractivity contribution is 7.07. The molecule has 0 saturated heterocycles. The lowest BCUT2D eigenvalue weighted by atomic mass is 9.95. The number of aromatic nitrogens is 1. The first-order valence-electron chi connectivity index (χ1n) is 15.5. The summed E-state index contributed by atoms with van der Waals surface area (Å²) < 4.78 is 35.2. The molecule has 0 radical (unpaired) electrons. The molecule has 0 aliphatic carbocycles. The summed E-state index contributed by atoms with van der Waals surface area (Å²) in [5.74, 6) is 0.278. The van der Waals surface area contributed by atoms with E-state index in [1.807, 2.05) is 0 Å². The Balaban J connectivity index is 1.63. The lowest BCUT2D eigenvalue weighted by Gasteiger charge is -2.25. The van der Waals surface area contributed by atoms with Crippen molar-refractivity contribution in [3.63, 3.8) is 0 Å². The molecule has 0 unspecified atom stereocenters. The minimum absolute atomic E-state index is 0.113. The monoisotopic (exact) mass is 740 g/mol. The van der Waals surface area contributed by atoms with Gasteiger partial charge in [-0.3, -0.25) is 9.36 Å². The van der Waals surface area contributed by atoms with Gasteiger partial charge in [-0.25, -0.2) is 14.6 Å². The molecule has 0 spiro atoms. The van der Waals surface area contributed by atoms with Gasteiger partial charge in [0, 0.05) is 21.2 Å². The van der Waals surface area contributed by atoms with Gasteiger partial charge in [0.1, 0.15) is 6.61 Å². The van der Waals surface area contributed by atoms with Crippen LogP contribution in [0, 0.1) is 0 Å². The van der Waals surface area contributed by atoms with Crippen LogP contribution in [0.2, 0.25) is 10.0 Å². The number of hydrogen-bond donors (Lipinski definition) is 0. The largest absolute Gasteiger partial charge is 0.493 e. The first kappa shape index (κ1) is 36.5. The number of thiazole rings is 1. The fraction of sp³-hybridized carbons (Fsp3) is 0.278. The molecule has 0 N–H and O–H groups in total. The van der Waals surface area contributed by atoms with E-state index in [0.717, 1.165) is 11.3 Å². The number of benzene rings is 3. The van der Waals surface area contributed by atoms with E-state index in [4.69, 9.17) is 46.9 Å². The van der Waals surface area contributed by atoms with E-state index in [9.17, 15) is 14.4 Å². The van der Waals surface area contributed by atoms with Gasteiger partial charge in [0.25, 0.3) is 5.56 Å². The second-order valence-electron chi connectivity index (χ2n) is 10.7. The number of carbonyl (C=O) groups excluding carboxylic acids is 2. The van der Waals surface area contributed by atoms with E-state index in [1.165, 1.54) is 18.8 Å². The Morgan fingerprint density at radius 1 is 0.960 bits per heavy atom. The second kappa shape index (κ2) is 16.3. The number of methoxy groups -OCH3 is 2. The highest BCUT2D eigenvalue weighted by Gasteiger charge is 2.34. The molecule has 1 aromatic heterocycles. The number of halogens is 2. The summed E-state index contributed by atoms with van der Waals surface area (Å²) in [5, 5.41) is 0.953. The van der Waals surface area contributed by atoms with Gasteiger partial charge < -0.3 is 28.4 Å². The summed E-state index contributed by atoms with van der Waals surface area (Å²) in [5.41, 5.74) is 2.02. The number of allylic oxidation sites excluding steroid dienone is 1. The number of carbonyl (C=O) groups is 2. The van der Waals surface area contributed by atoms with Gasteiger partial charge in [-0.2, -0.15) is 0 Å². The lowest BCUT2D eigenvalue weighted by molar-refractivity contribution is -0.143. The smallest absolute Gasteiger partial charge is 0.343 e. The number of nitrogens with zero attached hydrogens (tertiary/aromatic N) is 2. The number of hydrogen-bond acceptors (Lipinski definition) is 11. The number of esters is 2. The highest BCUT2D eigenvalue weighted by Crippen LogP contribution is 2.37. The van der Waals surface area contributed by atoms with Crippen LogP contribution in [-0.2, 0) is 25.7 Å². The quantitative estimate of drug-likeness (QED) is 0.160. The van der Waals surface area contributed by atoms with Crippen molar-refractivity contribution in [3.05, 3.63) is 112 Å². The predicted molar refractivity (Wildman–Crippen MR) is 189 cm³/mol. The van der Waals surface area contributed by atoms with Crippen LogP contribution >= 0.6 is 34.5 Å². The van der Waals surface area contributed by atoms with E-state index in [2.05, 4.69) is 9.73 Å². The van der Waals surface area contributed by atoms with E-state index < -0.39 is 23.5 Å². The molecule has 2 heterocycles. The number of fused-ring (bicyclic) bond motifs is 1. The third-order valence-electron chi connectivity index (χ3n) is 7.58. The summed E-state index contributed by atoms with van der Waals surface area (Å²) in [4.78, 5) is 44.6. The zero-order valence-electron chi connectivity index (χ0n) is 27.9. The Labute approximate surface area is 301 Å². The number of rotatable bonds is 13. The zero-order valence-corrected chi connectivity index (χ0v) is 30.2. The molecule has 1 aliphatic heterocycles. The molecule has 0 bridgehead atoms. The minimum atomic E-state index is -0.922. The molecule has 0 fully saturated rings. The van der Waals surface area contributed by atoms with Gasteiger partial charge in [0.2, 0.25) is 0 Å². The molecule has 3 aromatic carbocycles. The Morgan fingerprint density at radius 2 is 1.76 bits per heavy atom. The van der Waals surface area contributed by atoms with Crippen molar-refractivity contribution in [2.75, 3.05) is 34.0 Å². The Kier molecular flexibility index (Phi) is 11.9. The standard InChI is InChI=1S/C36H34Cl2N2O9S/c1-6-46-28-15-21(12-14-26(28)48-19-30(41)45-5)32-31(35(43)47-7-2)20(3)39-36-40(32)34(42)29(50-36)16-22-9-8-10-27(44-4)33(22)49-18-23-11-13-24(37)17-25(23)38/h8-17,32H,6-7,18-19H2,1-5H3/b29-16+/t32-/m0/s1. The van der Waals surface area contributed by atoms with Gasteiger partial charge >= 0.3 is 11.9 Å². The van der Waals surface area contributed by atoms with E-state index in [0.29, 0.717) is 59.0 Å². The van der Waals surface area contributed by atoms with Crippen LogP contribution in [0.1, 0.15) is 43.5 Å². The average Bonchev–Trinajstić information content (AvgIpc) is 3.40. The van der Waals surface area contributed by atoms with Crippen LogP contribution in [-0.4, -0.2) is 50.5 Å². The lowest BCUT2D eigenvalue weighted by Crippen LogP contribution is -2.40. The van der Waals surface area contributed by atoms with Crippen molar-refractivity contribution < 1.29 is 38.0 Å². The van der Waals surface area contributed by atoms with Crippen molar-refractivity contribution in [1.82, 2.24) is 4.57 Å². The van der Waals surface area contributed by atoms with E-state index in [1.54, 1.807) is 81.4 Å².